The molecule has 156 valence electrons. The molecule has 1 heterocycles. The van der Waals surface area contributed by atoms with Crippen molar-refractivity contribution in [3.8, 4) is 28.4 Å². The Bertz CT molecular complexity index is 1020. The predicted octanol–water partition coefficient (Wildman–Crippen LogP) is 5.20. The van der Waals surface area contributed by atoms with Crippen LogP contribution in [0.4, 0.5) is 4.79 Å². The Morgan fingerprint density at radius 2 is 1.50 bits per heavy atom. The van der Waals surface area contributed by atoms with Gasteiger partial charge in [0.05, 0.1) is 17.4 Å². The maximum atomic E-state index is 11.6. The smallest absolute Gasteiger partial charge is 0.315 e. The molecular formula is C22H22Cl2N4O2. The van der Waals surface area contributed by atoms with Gasteiger partial charge in [-0.3, -0.25) is 0 Å². The van der Waals surface area contributed by atoms with Crippen LogP contribution in [0.15, 0.2) is 54.7 Å². The lowest BCUT2D eigenvalue weighted by Gasteiger charge is -2.25. The molecule has 3 rings (SSSR count). The van der Waals surface area contributed by atoms with E-state index in [9.17, 15) is 4.79 Å². The number of nitrogens with one attached hydrogen (secondary N) is 2. The number of amides is 2. The van der Waals surface area contributed by atoms with E-state index in [0.29, 0.717) is 27.3 Å². The van der Waals surface area contributed by atoms with Crippen molar-refractivity contribution >= 4 is 29.2 Å². The van der Waals surface area contributed by atoms with Crippen LogP contribution < -0.4 is 15.4 Å². The number of hydrogen-bond acceptors (Lipinski definition) is 4. The highest BCUT2D eigenvalue weighted by Crippen LogP contribution is 2.31. The normalized spacial score (nSPS) is 11.1. The number of aromatic nitrogens is 2. The SMILES string of the molecule is CNC(=O)NC(C)(C)COc1cnc(-c2ccc(Cl)cc2)c(-c2ccc(Cl)cc2)n1. The van der Waals surface area contributed by atoms with Crippen molar-refractivity contribution in [3.05, 3.63) is 64.8 Å². The monoisotopic (exact) mass is 444 g/mol. The van der Waals surface area contributed by atoms with E-state index in [4.69, 9.17) is 27.9 Å². The summed E-state index contributed by atoms with van der Waals surface area (Å²) in [5.74, 6) is 0.351. The van der Waals surface area contributed by atoms with Gasteiger partial charge in [0.1, 0.15) is 12.3 Å². The molecule has 0 saturated carbocycles. The molecule has 2 aromatic carbocycles. The van der Waals surface area contributed by atoms with Gasteiger partial charge < -0.3 is 15.4 Å². The minimum absolute atomic E-state index is 0.218. The second-order valence-electron chi connectivity index (χ2n) is 7.30. The Morgan fingerprint density at radius 1 is 0.967 bits per heavy atom. The van der Waals surface area contributed by atoms with E-state index < -0.39 is 5.54 Å². The average molecular weight is 445 g/mol. The van der Waals surface area contributed by atoms with Gasteiger partial charge in [0.15, 0.2) is 0 Å². The van der Waals surface area contributed by atoms with Crippen molar-refractivity contribution < 1.29 is 9.53 Å². The molecule has 0 unspecified atom stereocenters. The topological polar surface area (TPSA) is 76.1 Å². The van der Waals surface area contributed by atoms with Gasteiger partial charge in [-0.2, -0.15) is 0 Å². The number of benzene rings is 2. The lowest BCUT2D eigenvalue weighted by molar-refractivity contribution is 0.192. The third kappa shape index (κ3) is 5.62. The van der Waals surface area contributed by atoms with E-state index in [1.807, 2.05) is 50.2 Å². The van der Waals surface area contributed by atoms with Gasteiger partial charge in [0.2, 0.25) is 5.88 Å². The van der Waals surface area contributed by atoms with Gasteiger partial charge in [-0.25, -0.2) is 14.8 Å². The molecule has 0 fully saturated rings. The average Bonchev–Trinajstić information content (AvgIpc) is 2.73. The van der Waals surface area contributed by atoms with Gasteiger partial charge in [-0.15, -0.1) is 0 Å². The summed E-state index contributed by atoms with van der Waals surface area (Å²) in [6, 6.07) is 14.5. The van der Waals surface area contributed by atoms with Gasteiger partial charge in [0.25, 0.3) is 0 Å². The van der Waals surface area contributed by atoms with Gasteiger partial charge >= 0.3 is 6.03 Å². The van der Waals surface area contributed by atoms with Crippen molar-refractivity contribution in [2.45, 2.75) is 19.4 Å². The summed E-state index contributed by atoms with van der Waals surface area (Å²) in [5.41, 5.74) is 2.49. The molecule has 30 heavy (non-hydrogen) atoms. The minimum Gasteiger partial charge on any atom is -0.474 e. The number of rotatable bonds is 6. The first-order valence-electron chi connectivity index (χ1n) is 9.29. The lowest BCUT2D eigenvalue weighted by atomic mass is 10.0. The third-order valence-electron chi connectivity index (χ3n) is 4.25. The Labute approximate surface area is 185 Å². The molecule has 2 N–H and O–H groups in total. The summed E-state index contributed by atoms with van der Waals surface area (Å²) in [4.78, 5) is 20.9. The number of hydrogen-bond donors (Lipinski definition) is 2. The highest BCUT2D eigenvalue weighted by molar-refractivity contribution is 6.31. The van der Waals surface area contributed by atoms with E-state index >= 15 is 0 Å². The van der Waals surface area contributed by atoms with Gasteiger partial charge in [-0.05, 0) is 38.1 Å². The molecule has 0 atom stereocenters. The minimum atomic E-state index is -0.600. The van der Waals surface area contributed by atoms with Crippen molar-refractivity contribution in [2.24, 2.45) is 0 Å². The van der Waals surface area contributed by atoms with Crippen molar-refractivity contribution in [1.82, 2.24) is 20.6 Å². The number of carbonyl (C=O) groups excluding carboxylic acids is 1. The number of nitrogens with zero attached hydrogens (tertiary/aromatic N) is 2. The zero-order valence-corrected chi connectivity index (χ0v) is 18.4. The molecule has 0 aliphatic heterocycles. The van der Waals surface area contributed by atoms with Crippen LogP contribution in [-0.4, -0.2) is 35.2 Å². The molecule has 2 amide bonds. The second-order valence-corrected chi connectivity index (χ2v) is 8.17. The standard InChI is InChI=1S/C22H22Cl2N4O2/c1-22(2,28-21(29)25-3)13-30-18-12-26-19(14-4-8-16(23)9-5-14)20(27-18)15-6-10-17(24)11-7-15/h4-12H,13H2,1-3H3,(H2,25,28,29). The van der Waals surface area contributed by atoms with E-state index in [1.54, 1.807) is 25.4 Å². The summed E-state index contributed by atoms with van der Waals surface area (Å²) in [6.45, 7) is 3.94. The van der Waals surface area contributed by atoms with E-state index in [1.165, 1.54) is 0 Å². The molecule has 0 aliphatic carbocycles. The fourth-order valence-electron chi connectivity index (χ4n) is 2.73. The van der Waals surface area contributed by atoms with E-state index in [0.717, 1.165) is 11.1 Å². The second kappa shape index (κ2) is 9.32. The van der Waals surface area contributed by atoms with E-state index in [2.05, 4.69) is 20.6 Å². The summed E-state index contributed by atoms with van der Waals surface area (Å²) >= 11 is 12.1. The molecule has 3 aromatic rings. The first-order chi connectivity index (χ1) is 14.3. The zero-order valence-electron chi connectivity index (χ0n) is 16.9. The third-order valence-corrected chi connectivity index (χ3v) is 4.75. The van der Waals surface area contributed by atoms with Crippen LogP contribution in [0.25, 0.3) is 22.5 Å². The van der Waals surface area contributed by atoms with Crippen LogP contribution in [0, 0.1) is 0 Å². The summed E-state index contributed by atoms with van der Waals surface area (Å²) in [5, 5.41) is 6.63. The Balaban J connectivity index is 1.93. The van der Waals surface area contributed by atoms with E-state index in [-0.39, 0.29) is 12.6 Å². The van der Waals surface area contributed by atoms with Crippen LogP contribution in [-0.2, 0) is 0 Å². The molecule has 0 spiro atoms. The number of halogens is 2. The highest BCUT2D eigenvalue weighted by atomic mass is 35.5. The molecule has 0 aliphatic rings. The maximum Gasteiger partial charge on any atom is 0.315 e. The fourth-order valence-corrected chi connectivity index (χ4v) is 2.98. The number of urea groups is 1. The van der Waals surface area contributed by atoms with Crippen LogP contribution in [0.5, 0.6) is 5.88 Å². The maximum absolute atomic E-state index is 11.6. The molecule has 6 nitrogen and oxygen atoms in total. The van der Waals surface area contributed by atoms with Gasteiger partial charge in [0, 0.05) is 28.2 Å². The Hall–Kier alpha value is -2.83. The van der Waals surface area contributed by atoms with Crippen molar-refractivity contribution in [3.63, 3.8) is 0 Å². The molecule has 1 aromatic heterocycles. The van der Waals surface area contributed by atoms with Crippen LogP contribution in [0.1, 0.15) is 13.8 Å². The largest absolute Gasteiger partial charge is 0.474 e. The fraction of sp³-hybridized carbons (Fsp3) is 0.227. The molecule has 8 heteroatoms. The first-order valence-corrected chi connectivity index (χ1v) is 10.0. The quantitative estimate of drug-likeness (QED) is 0.547. The van der Waals surface area contributed by atoms with Crippen molar-refractivity contribution in [2.75, 3.05) is 13.7 Å². The van der Waals surface area contributed by atoms with Gasteiger partial charge in [-0.1, -0.05) is 47.5 Å². The van der Waals surface area contributed by atoms with Crippen LogP contribution in [0.3, 0.4) is 0 Å². The Kier molecular flexibility index (Phi) is 6.80. The predicted molar refractivity (Wildman–Crippen MR) is 120 cm³/mol. The molecule has 0 bridgehead atoms. The molecule has 0 radical (unpaired) electrons. The van der Waals surface area contributed by atoms with Crippen LogP contribution >= 0.6 is 23.2 Å². The number of carbonyl (C=O) groups is 1. The lowest BCUT2D eigenvalue weighted by Crippen LogP contribution is -2.50. The highest BCUT2D eigenvalue weighted by Gasteiger charge is 2.22. The first kappa shape index (κ1) is 21.9. The summed E-state index contributed by atoms with van der Waals surface area (Å²) < 4.78 is 5.85. The number of ether oxygens (including phenoxy) is 1. The summed E-state index contributed by atoms with van der Waals surface area (Å²) in [6.07, 6.45) is 1.57. The molecule has 0 saturated heterocycles. The van der Waals surface area contributed by atoms with Crippen LogP contribution in [0.2, 0.25) is 10.0 Å². The summed E-state index contributed by atoms with van der Waals surface area (Å²) in [7, 11) is 1.56. The van der Waals surface area contributed by atoms with Crippen molar-refractivity contribution in [1.29, 1.82) is 0 Å². The zero-order chi connectivity index (χ0) is 21.7. The Morgan fingerprint density at radius 3 is 2.03 bits per heavy atom. The molecular weight excluding hydrogens is 423 g/mol.